The van der Waals surface area contributed by atoms with E-state index >= 15 is 0 Å². The van der Waals surface area contributed by atoms with E-state index in [2.05, 4.69) is 19.2 Å². The Bertz CT molecular complexity index is 1050. The molecule has 0 saturated carbocycles. The highest BCUT2D eigenvalue weighted by Gasteiger charge is 2.38. The molecule has 246 valence electrons. The lowest BCUT2D eigenvalue weighted by atomic mass is 9.91. The molecule has 3 rings (SSSR count). The number of ether oxygens (including phenoxy) is 2. The van der Waals surface area contributed by atoms with Crippen molar-refractivity contribution in [3.8, 4) is 0 Å². The van der Waals surface area contributed by atoms with Crippen molar-refractivity contribution in [2.24, 2.45) is 5.92 Å². The van der Waals surface area contributed by atoms with Crippen LogP contribution in [-0.2, 0) is 20.9 Å². The molecular weight excluding hydrogens is 570 g/mol. The summed E-state index contributed by atoms with van der Waals surface area (Å²) in [6.07, 6.45) is 16.5. The van der Waals surface area contributed by atoms with Gasteiger partial charge in [0.25, 0.3) is 0 Å². The molecule has 1 fully saturated rings. The zero-order valence-corrected chi connectivity index (χ0v) is 28.0. The maximum absolute atomic E-state index is 12.7. The highest BCUT2D eigenvalue weighted by Crippen LogP contribution is 2.42. The highest BCUT2D eigenvalue weighted by molar-refractivity contribution is 7.99. The van der Waals surface area contributed by atoms with Crippen LogP contribution in [0.3, 0.4) is 0 Å². The molecule has 4 atom stereocenters. The van der Waals surface area contributed by atoms with Gasteiger partial charge in [-0.2, -0.15) is 11.8 Å². The molecule has 2 aromatic rings. The fourth-order valence-electron chi connectivity index (χ4n) is 5.86. The third-order valence-corrected chi connectivity index (χ3v) is 9.63. The van der Waals surface area contributed by atoms with Crippen molar-refractivity contribution >= 4 is 23.4 Å². The van der Waals surface area contributed by atoms with Crippen LogP contribution in [0.15, 0.2) is 48.5 Å². The van der Waals surface area contributed by atoms with Gasteiger partial charge < -0.3 is 25.0 Å². The molecule has 0 aromatic heterocycles. The molecule has 1 aliphatic rings. The van der Waals surface area contributed by atoms with Crippen LogP contribution in [0, 0.1) is 5.92 Å². The number of nitrogens with one attached hydrogen (secondary N) is 1. The number of unbranched alkanes of at least 4 members (excludes halogenated alkanes) is 12. The van der Waals surface area contributed by atoms with Crippen LogP contribution in [0.4, 0.5) is 5.69 Å². The average molecular weight is 628 g/mol. The van der Waals surface area contributed by atoms with Gasteiger partial charge in [0, 0.05) is 35.1 Å². The Hall–Kier alpha value is -1.90. The van der Waals surface area contributed by atoms with Crippen LogP contribution < -0.4 is 5.32 Å². The van der Waals surface area contributed by atoms with Gasteiger partial charge in [-0.25, -0.2) is 0 Å². The number of carbonyl (C=O) groups excluding carboxylic acids is 1. The van der Waals surface area contributed by atoms with Gasteiger partial charge in [0.2, 0.25) is 5.91 Å². The summed E-state index contributed by atoms with van der Waals surface area (Å²) >= 11 is 1.67. The van der Waals surface area contributed by atoms with Crippen LogP contribution in [0.2, 0.25) is 0 Å². The molecule has 2 aromatic carbocycles. The van der Waals surface area contributed by atoms with E-state index in [9.17, 15) is 15.0 Å². The Labute approximate surface area is 270 Å². The van der Waals surface area contributed by atoms with Gasteiger partial charge in [0.05, 0.1) is 25.4 Å². The number of hydrogen-bond donors (Lipinski definition) is 3. The van der Waals surface area contributed by atoms with E-state index in [0.29, 0.717) is 12.2 Å². The molecule has 1 amide bonds. The van der Waals surface area contributed by atoms with Gasteiger partial charge in [-0.15, -0.1) is 0 Å². The van der Waals surface area contributed by atoms with E-state index in [1.165, 1.54) is 70.6 Å². The Kier molecular flexibility index (Phi) is 18.1. The third kappa shape index (κ3) is 13.2. The van der Waals surface area contributed by atoms with Crippen LogP contribution in [0.5, 0.6) is 0 Å². The maximum Gasteiger partial charge on any atom is 0.224 e. The minimum absolute atomic E-state index is 0.00535. The van der Waals surface area contributed by atoms with E-state index in [4.69, 9.17) is 9.47 Å². The molecule has 1 unspecified atom stereocenters. The van der Waals surface area contributed by atoms with Crippen molar-refractivity contribution in [2.75, 3.05) is 23.4 Å². The van der Waals surface area contributed by atoms with E-state index in [0.717, 1.165) is 41.0 Å². The minimum atomic E-state index is -0.577. The van der Waals surface area contributed by atoms with E-state index < -0.39 is 6.29 Å². The number of aliphatic hydroxyl groups is 2. The lowest BCUT2D eigenvalue weighted by molar-refractivity contribution is -0.268. The summed E-state index contributed by atoms with van der Waals surface area (Å²) in [4.78, 5) is 12.7. The second kappa shape index (κ2) is 21.8. The van der Waals surface area contributed by atoms with E-state index in [1.54, 1.807) is 11.8 Å². The van der Waals surface area contributed by atoms with Gasteiger partial charge >= 0.3 is 0 Å². The number of benzene rings is 2. The molecule has 1 saturated heterocycles. The molecule has 6 nitrogen and oxygen atoms in total. The number of anilines is 1. The summed E-state index contributed by atoms with van der Waals surface area (Å²) in [5.41, 5.74) is 3.53. The topological polar surface area (TPSA) is 88.0 Å². The minimum Gasteiger partial charge on any atom is -0.396 e. The zero-order chi connectivity index (χ0) is 31.4. The predicted molar refractivity (Wildman–Crippen MR) is 183 cm³/mol. The van der Waals surface area contributed by atoms with Crippen molar-refractivity contribution in [3.63, 3.8) is 0 Å². The molecule has 0 bridgehead atoms. The van der Waals surface area contributed by atoms with Crippen molar-refractivity contribution in [1.29, 1.82) is 0 Å². The summed E-state index contributed by atoms with van der Waals surface area (Å²) in [6, 6.07) is 15.7. The molecule has 0 aliphatic carbocycles. The number of carbonyl (C=O) groups is 1. The first kappa shape index (κ1) is 36.6. The molecule has 3 N–H and O–H groups in total. The van der Waals surface area contributed by atoms with Crippen molar-refractivity contribution in [2.45, 2.75) is 129 Å². The Morgan fingerprint density at radius 3 is 2.07 bits per heavy atom. The van der Waals surface area contributed by atoms with Gasteiger partial charge in [-0.05, 0) is 29.7 Å². The normalized spacial score (nSPS) is 20.1. The molecule has 44 heavy (non-hydrogen) atoms. The summed E-state index contributed by atoms with van der Waals surface area (Å²) in [6.45, 7) is 4.55. The number of thioether (sulfide) groups is 1. The van der Waals surface area contributed by atoms with Crippen molar-refractivity contribution in [1.82, 2.24) is 0 Å². The average Bonchev–Trinajstić information content (AvgIpc) is 3.04. The smallest absolute Gasteiger partial charge is 0.224 e. The van der Waals surface area contributed by atoms with Gasteiger partial charge in [0.1, 0.15) is 0 Å². The Morgan fingerprint density at radius 2 is 1.45 bits per heavy atom. The number of hydrogen-bond acceptors (Lipinski definition) is 6. The van der Waals surface area contributed by atoms with Crippen LogP contribution in [0.25, 0.3) is 0 Å². The second-order valence-electron chi connectivity index (χ2n) is 12.3. The van der Waals surface area contributed by atoms with Crippen molar-refractivity contribution < 1.29 is 24.5 Å². The lowest BCUT2D eigenvalue weighted by Gasteiger charge is -2.41. The van der Waals surface area contributed by atoms with E-state index in [1.807, 2.05) is 48.5 Å². The number of rotatable bonds is 22. The fraction of sp³-hybridized carbons (Fsp3) is 0.649. The molecule has 0 radical (unpaired) electrons. The molecule has 0 spiro atoms. The van der Waals surface area contributed by atoms with Gasteiger partial charge in [-0.3, -0.25) is 4.79 Å². The van der Waals surface area contributed by atoms with Crippen LogP contribution in [0.1, 0.15) is 133 Å². The third-order valence-electron chi connectivity index (χ3n) is 8.59. The summed E-state index contributed by atoms with van der Waals surface area (Å²) in [7, 11) is 0. The zero-order valence-electron chi connectivity index (χ0n) is 27.2. The predicted octanol–water partition coefficient (Wildman–Crippen LogP) is 9.12. The first-order valence-electron chi connectivity index (χ1n) is 17.1. The number of amides is 1. The Balaban J connectivity index is 1.45. The summed E-state index contributed by atoms with van der Waals surface area (Å²) in [5.74, 6) is 1.56. The van der Waals surface area contributed by atoms with Gasteiger partial charge in [0.15, 0.2) is 6.29 Å². The van der Waals surface area contributed by atoms with Crippen LogP contribution in [-0.4, -0.2) is 40.3 Å². The van der Waals surface area contributed by atoms with Gasteiger partial charge in [-0.1, -0.05) is 127 Å². The molecular formula is C37H57NO5S. The molecule has 1 heterocycles. The first-order chi connectivity index (χ1) is 21.5. The summed E-state index contributed by atoms with van der Waals surface area (Å²) < 4.78 is 13.0. The van der Waals surface area contributed by atoms with E-state index in [-0.39, 0.29) is 37.2 Å². The largest absolute Gasteiger partial charge is 0.396 e. The molecule has 1 aliphatic heterocycles. The number of aliphatic hydroxyl groups excluding tert-OH is 2. The first-order valence-corrected chi connectivity index (χ1v) is 18.3. The quantitative estimate of drug-likeness (QED) is 0.113. The Morgan fingerprint density at radius 1 is 0.818 bits per heavy atom. The molecule has 7 heteroatoms. The van der Waals surface area contributed by atoms with Crippen molar-refractivity contribution in [3.05, 3.63) is 65.2 Å². The maximum atomic E-state index is 12.7. The summed E-state index contributed by atoms with van der Waals surface area (Å²) in [5, 5.41) is 21.8. The fourth-order valence-corrected chi connectivity index (χ4v) is 6.77. The highest BCUT2D eigenvalue weighted by atomic mass is 32.2. The standard InChI is InChI=1S/C37H57NO5S/c1-3-4-5-6-7-8-9-10-11-12-13-14-15-19-35(41)38-33-18-16-17-32(26-33)37-42-34(28-44-25-24-39)29(2)36(43-37)31-22-20-30(27-40)21-23-31/h16-18,20-23,26,29,34,36-37,39-40H,3-15,19,24-25,27-28H2,1-2H3,(H,38,41)/t29-,34+,36+,37?/m0/s1. The lowest BCUT2D eigenvalue weighted by Crippen LogP contribution is -2.38. The van der Waals surface area contributed by atoms with Crippen LogP contribution >= 0.6 is 11.8 Å². The second-order valence-corrected chi connectivity index (χ2v) is 13.4. The monoisotopic (exact) mass is 627 g/mol. The SMILES string of the molecule is CCCCCCCCCCCCCCCC(=O)Nc1cccc(C2O[C@H](CSCCO)[C@H](C)[C@H](c3ccc(CO)cc3)O2)c1.